The van der Waals surface area contributed by atoms with Crippen LogP contribution in [0.15, 0.2) is 0 Å². The monoisotopic (exact) mass is 205 g/mol. The molecule has 0 saturated carbocycles. The maximum Gasteiger partial charge on any atom is 0.240 e. The Morgan fingerprint density at radius 1 is 1.31 bits per heavy atom. The minimum Gasteiger partial charge on any atom is -0.342 e. The van der Waals surface area contributed by atoms with E-state index in [1.165, 1.54) is 6.92 Å². The van der Waals surface area contributed by atoms with Crippen molar-refractivity contribution in [3.8, 4) is 0 Å². The molecule has 1 fully saturated rings. The Kier molecular flexibility index (Phi) is 2.95. The zero-order valence-electron chi connectivity index (χ0n) is 7.99. The van der Waals surface area contributed by atoms with Crippen LogP contribution in [0.4, 0.5) is 0 Å². The summed E-state index contributed by atoms with van der Waals surface area (Å²) in [7, 11) is -3.23. The second kappa shape index (κ2) is 3.65. The summed E-state index contributed by atoms with van der Waals surface area (Å²) < 4.78 is 22.2. The molecular formula is C8H15NO3S. The zero-order chi connectivity index (χ0) is 10.1. The molecule has 76 valence electrons. The van der Waals surface area contributed by atoms with Crippen molar-refractivity contribution in [3.05, 3.63) is 0 Å². The predicted molar refractivity (Wildman–Crippen MR) is 50.1 cm³/mol. The molecule has 0 aromatic heterocycles. The number of nitrogens with zero attached hydrogens (tertiary/aromatic N) is 1. The van der Waals surface area contributed by atoms with E-state index in [-0.39, 0.29) is 5.91 Å². The third-order valence-electron chi connectivity index (χ3n) is 2.41. The van der Waals surface area contributed by atoms with Crippen LogP contribution < -0.4 is 0 Å². The molecule has 1 atom stereocenters. The molecule has 0 aromatic carbocycles. The van der Waals surface area contributed by atoms with Crippen LogP contribution >= 0.6 is 0 Å². The average Bonchev–Trinajstić information content (AvgIpc) is 2.51. The van der Waals surface area contributed by atoms with Gasteiger partial charge in [-0.05, 0) is 19.8 Å². The molecule has 0 aromatic rings. The van der Waals surface area contributed by atoms with E-state index < -0.39 is 15.1 Å². The topological polar surface area (TPSA) is 54.5 Å². The standard InChI is InChI=1S/C8H15NO3S/c1-7(13(2,11)12)8(10)9-5-3-4-6-9/h7H,3-6H2,1-2H3/t7-/m0/s1. The van der Waals surface area contributed by atoms with E-state index in [0.29, 0.717) is 13.1 Å². The lowest BCUT2D eigenvalue weighted by Gasteiger charge is -2.18. The van der Waals surface area contributed by atoms with Gasteiger partial charge in [-0.15, -0.1) is 0 Å². The van der Waals surface area contributed by atoms with E-state index in [9.17, 15) is 13.2 Å². The Hall–Kier alpha value is -0.580. The van der Waals surface area contributed by atoms with Gasteiger partial charge in [-0.1, -0.05) is 0 Å². The molecule has 5 heteroatoms. The summed E-state index contributed by atoms with van der Waals surface area (Å²) >= 11 is 0. The second-order valence-electron chi connectivity index (χ2n) is 3.50. The summed E-state index contributed by atoms with van der Waals surface area (Å²) in [5.74, 6) is -0.250. The number of hydrogen-bond donors (Lipinski definition) is 0. The van der Waals surface area contributed by atoms with Gasteiger partial charge < -0.3 is 4.90 Å². The molecule has 1 saturated heterocycles. The molecular weight excluding hydrogens is 190 g/mol. The highest BCUT2D eigenvalue weighted by atomic mass is 32.2. The fourth-order valence-corrected chi connectivity index (χ4v) is 1.89. The first-order valence-electron chi connectivity index (χ1n) is 4.40. The van der Waals surface area contributed by atoms with Crippen LogP contribution in [-0.2, 0) is 14.6 Å². The Bertz CT molecular complexity index is 291. The first kappa shape index (κ1) is 10.5. The molecule has 1 aliphatic rings. The predicted octanol–water partition coefficient (Wildman–Crippen LogP) is 0.0419. The highest BCUT2D eigenvalue weighted by Gasteiger charge is 2.29. The third-order valence-corrected chi connectivity index (χ3v) is 3.89. The van der Waals surface area contributed by atoms with Crippen LogP contribution in [0.2, 0.25) is 0 Å². The van der Waals surface area contributed by atoms with E-state index >= 15 is 0 Å². The van der Waals surface area contributed by atoms with Crippen LogP contribution in [0.3, 0.4) is 0 Å². The molecule has 1 aliphatic heterocycles. The summed E-state index contributed by atoms with van der Waals surface area (Å²) in [6.45, 7) is 2.87. The summed E-state index contributed by atoms with van der Waals surface area (Å²) in [4.78, 5) is 13.2. The van der Waals surface area contributed by atoms with Crippen LogP contribution in [0.5, 0.6) is 0 Å². The maximum absolute atomic E-state index is 11.5. The molecule has 13 heavy (non-hydrogen) atoms. The number of carbonyl (C=O) groups is 1. The number of sulfone groups is 1. The van der Waals surface area contributed by atoms with Gasteiger partial charge in [0, 0.05) is 19.3 Å². The maximum atomic E-state index is 11.5. The molecule has 0 unspecified atom stereocenters. The number of rotatable bonds is 2. The van der Waals surface area contributed by atoms with E-state index in [0.717, 1.165) is 19.1 Å². The fourth-order valence-electron chi connectivity index (χ4n) is 1.38. The highest BCUT2D eigenvalue weighted by molar-refractivity contribution is 7.92. The van der Waals surface area contributed by atoms with Crippen molar-refractivity contribution in [3.63, 3.8) is 0 Å². The fraction of sp³-hybridized carbons (Fsp3) is 0.875. The summed E-state index contributed by atoms with van der Waals surface area (Å²) in [6.07, 6.45) is 3.08. The van der Waals surface area contributed by atoms with Gasteiger partial charge in [0.15, 0.2) is 9.84 Å². The normalized spacial score (nSPS) is 20.3. The first-order valence-corrected chi connectivity index (χ1v) is 6.36. The van der Waals surface area contributed by atoms with E-state index in [2.05, 4.69) is 0 Å². The SMILES string of the molecule is C[C@@H](C(=O)N1CCCC1)S(C)(=O)=O. The Morgan fingerprint density at radius 2 is 1.77 bits per heavy atom. The second-order valence-corrected chi connectivity index (χ2v) is 5.87. The molecule has 0 spiro atoms. The average molecular weight is 205 g/mol. The lowest BCUT2D eigenvalue weighted by atomic mass is 10.4. The molecule has 0 bridgehead atoms. The molecule has 1 heterocycles. The summed E-state index contributed by atoms with van der Waals surface area (Å²) in [5.41, 5.74) is 0. The van der Waals surface area contributed by atoms with E-state index in [4.69, 9.17) is 0 Å². The van der Waals surface area contributed by atoms with Crippen molar-refractivity contribution < 1.29 is 13.2 Å². The Labute approximate surface area is 78.8 Å². The quantitative estimate of drug-likeness (QED) is 0.639. The lowest BCUT2D eigenvalue weighted by molar-refractivity contribution is -0.129. The molecule has 0 aliphatic carbocycles. The number of amides is 1. The molecule has 1 amide bonds. The van der Waals surface area contributed by atoms with Gasteiger partial charge in [-0.25, -0.2) is 8.42 Å². The van der Waals surface area contributed by atoms with Gasteiger partial charge in [0.05, 0.1) is 0 Å². The van der Waals surface area contributed by atoms with Gasteiger partial charge in [0.1, 0.15) is 5.25 Å². The minimum atomic E-state index is -3.23. The van der Waals surface area contributed by atoms with Gasteiger partial charge in [0.25, 0.3) is 0 Å². The zero-order valence-corrected chi connectivity index (χ0v) is 8.80. The van der Waals surface area contributed by atoms with Crippen LogP contribution in [0.1, 0.15) is 19.8 Å². The van der Waals surface area contributed by atoms with Crippen molar-refractivity contribution in [2.24, 2.45) is 0 Å². The Balaban J connectivity index is 2.67. The molecule has 0 radical (unpaired) electrons. The van der Waals surface area contributed by atoms with E-state index in [1.807, 2.05) is 0 Å². The molecule has 0 N–H and O–H groups in total. The summed E-state index contributed by atoms with van der Waals surface area (Å²) in [6, 6.07) is 0. The van der Waals surface area contributed by atoms with Crippen molar-refractivity contribution in [2.75, 3.05) is 19.3 Å². The molecule has 1 rings (SSSR count). The summed E-state index contributed by atoms with van der Waals surface area (Å²) in [5, 5.41) is -0.884. The minimum absolute atomic E-state index is 0.250. The van der Waals surface area contributed by atoms with Crippen LogP contribution in [0.25, 0.3) is 0 Å². The number of carbonyl (C=O) groups excluding carboxylic acids is 1. The van der Waals surface area contributed by atoms with Gasteiger partial charge in [0.2, 0.25) is 5.91 Å². The van der Waals surface area contributed by atoms with Crippen molar-refractivity contribution >= 4 is 15.7 Å². The molecule has 4 nitrogen and oxygen atoms in total. The van der Waals surface area contributed by atoms with Crippen molar-refractivity contribution in [1.82, 2.24) is 4.90 Å². The highest BCUT2D eigenvalue weighted by Crippen LogP contribution is 2.11. The van der Waals surface area contributed by atoms with Crippen LogP contribution in [-0.4, -0.2) is 43.8 Å². The van der Waals surface area contributed by atoms with Gasteiger partial charge >= 0.3 is 0 Å². The number of hydrogen-bond acceptors (Lipinski definition) is 3. The largest absolute Gasteiger partial charge is 0.342 e. The Morgan fingerprint density at radius 3 is 2.15 bits per heavy atom. The van der Waals surface area contributed by atoms with Crippen LogP contribution in [0, 0.1) is 0 Å². The van der Waals surface area contributed by atoms with Crippen molar-refractivity contribution in [2.45, 2.75) is 25.0 Å². The van der Waals surface area contributed by atoms with Gasteiger partial charge in [-0.2, -0.15) is 0 Å². The van der Waals surface area contributed by atoms with E-state index in [1.54, 1.807) is 4.90 Å². The van der Waals surface area contributed by atoms with Gasteiger partial charge in [-0.3, -0.25) is 4.79 Å². The van der Waals surface area contributed by atoms with Crippen molar-refractivity contribution in [1.29, 1.82) is 0 Å². The first-order chi connectivity index (χ1) is 5.93. The smallest absolute Gasteiger partial charge is 0.240 e. The third kappa shape index (κ3) is 2.43. The lowest BCUT2D eigenvalue weighted by Crippen LogP contribution is -2.39. The number of likely N-dealkylation sites (tertiary alicyclic amines) is 1.